The molecule has 0 unspecified atom stereocenters. The molecule has 0 radical (unpaired) electrons. The van der Waals surface area contributed by atoms with Crippen LogP contribution in [0.5, 0.6) is 0 Å². The van der Waals surface area contributed by atoms with Crippen molar-refractivity contribution in [1.82, 2.24) is 19.2 Å². The van der Waals surface area contributed by atoms with E-state index in [1.807, 2.05) is 60.3 Å². The second-order valence-electron chi connectivity index (χ2n) is 6.92. The molecule has 2 aromatic carbocycles. The van der Waals surface area contributed by atoms with Gasteiger partial charge in [-0.2, -0.15) is 5.10 Å². The predicted octanol–water partition coefficient (Wildman–Crippen LogP) is 6.09. The van der Waals surface area contributed by atoms with Crippen LogP contribution in [0.1, 0.15) is 5.69 Å². The van der Waals surface area contributed by atoms with Gasteiger partial charge in [0.2, 0.25) is 0 Å². The average molecular weight is 421 g/mol. The number of halogens is 3. The molecular weight excluding hydrogens is 406 g/mol. The van der Waals surface area contributed by atoms with Crippen molar-refractivity contribution in [1.29, 1.82) is 0 Å². The molecule has 7 heteroatoms. The molecule has 0 saturated heterocycles. The minimum absolute atomic E-state index is 0.500. The molecule has 0 aliphatic heterocycles. The summed E-state index contributed by atoms with van der Waals surface area (Å²) in [4.78, 5) is 4.83. The van der Waals surface area contributed by atoms with Gasteiger partial charge in [-0.05, 0) is 55.0 Å². The third-order valence-electron chi connectivity index (χ3n) is 4.97. The van der Waals surface area contributed by atoms with Crippen molar-refractivity contribution in [2.75, 3.05) is 0 Å². The van der Waals surface area contributed by atoms with Gasteiger partial charge in [-0.1, -0.05) is 23.7 Å². The van der Waals surface area contributed by atoms with Gasteiger partial charge >= 0.3 is 0 Å². The van der Waals surface area contributed by atoms with Crippen molar-refractivity contribution in [2.24, 2.45) is 0 Å². The molecule has 0 N–H and O–H groups in total. The topological polar surface area (TPSA) is 35.1 Å². The van der Waals surface area contributed by atoms with E-state index >= 15 is 0 Å². The molecule has 4 nitrogen and oxygen atoms in total. The third-order valence-corrected chi connectivity index (χ3v) is 5.22. The van der Waals surface area contributed by atoms with Gasteiger partial charge in [0.15, 0.2) is 17.3 Å². The summed E-state index contributed by atoms with van der Waals surface area (Å²) in [6.07, 6.45) is 3.75. The van der Waals surface area contributed by atoms with E-state index in [1.165, 1.54) is 12.1 Å². The van der Waals surface area contributed by atoms with Crippen LogP contribution < -0.4 is 0 Å². The number of fused-ring (bicyclic) bond motifs is 1. The molecule has 5 rings (SSSR count). The Morgan fingerprint density at radius 1 is 0.867 bits per heavy atom. The molecule has 3 aromatic heterocycles. The van der Waals surface area contributed by atoms with Crippen LogP contribution in [0.4, 0.5) is 8.78 Å². The molecule has 5 aromatic rings. The summed E-state index contributed by atoms with van der Waals surface area (Å²) in [5.41, 5.74) is 4.25. The quantitative estimate of drug-likeness (QED) is 0.354. The third kappa shape index (κ3) is 3.06. The SMILES string of the molecule is Cc1nn2c(-c3ccc(F)c(F)c3)cc(-n3cccc3)nc2c1-c1ccc(Cl)cc1. The zero-order valence-corrected chi connectivity index (χ0v) is 16.6. The maximum Gasteiger partial charge on any atom is 0.166 e. The average Bonchev–Trinajstić information content (AvgIpc) is 3.38. The van der Waals surface area contributed by atoms with E-state index in [0.717, 1.165) is 22.9 Å². The molecule has 0 amide bonds. The minimum atomic E-state index is -0.915. The van der Waals surface area contributed by atoms with Gasteiger partial charge in [-0.25, -0.2) is 18.3 Å². The number of rotatable bonds is 3. The lowest BCUT2D eigenvalue weighted by Gasteiger charge is -2.10. The van der Waals surface area contributed by atoms with Crippen LogP contribution in [-0.4, -0.2) is 19.2 Å². The zero-order chi connectivity index (χ0) is 20.8. The standard InChI is InChI=1S/C23H15ClF2N4/c1-14-22(15-4-7-17(24)8-5-15)23-27-21(29-10-2-3-11-29)13-20(30(23)28-14)16-6-9-18(25)19(26)12-16/h2-13H,1H3. The van der Waals surface area contributed by atoms with Crippen LogP contribution in [0, 0.1) is 18.6 Å². The smallest absolute Gasteiger partial charge is 0.166 e. The second-order valence-corrected chi connectivity index (χ2v) is 7.36. The van der Waals surface area contributed by atoms with Crippen LogP contribution >= 0.6 is 11.6 Å². The van der Waals surface area contributed by atoms with Gasteiger partial charge in [0.1, 0.15) is 5.82 Å². The lowest BCUT2D eigenvalue weighted by Crippen LogP contribution is -2.03. The summed E-state index contributed by atoms with van der Waals surface area (Å²) in [6, 6.07) is 16.9. The van der Waals surface area contributed by atoms with Gasteiger partial charge in [-0.3, -0.25) is 0 Å². The number of nitrogens with zero attached hydrogens (tertiary/aromatic N) is 4. The molecule has 0 aliphatic rings. The molecule has 30 heavy (non-hydrogen) atoms. The first-order chi connectivity index (χ1) is 14.5. The van der Waals surface area contributed by atoms with Gasteiger partial charge in [0.05, 0.1) is 11.4 Å². The highest BCUT2D eigenvalue weighted by Crippen LogP contribution is 2.32. The Bertz CT molecular complexity index is 1370. The summed E-state index contributed by atoms with van der Waals surface area (Å²) in [7, 11) is 0. The van der Waals surface area contributed by atoms with Crippen molar-refractivity contribution < 1.29 is 8.78 Å². The number of benzene rings is 2. The minimum Gasteiger partial charge on any atom is -0.309 e. The molecule has 3 heterocycles. The Morgan fingerprint density at radius 2 is 1.57 bits per heavy atom. The lowest BCUT2D eigenvalue weighted by molar-refractivity contribution is 0.509. The fraction of sp³-hybridized carbons (Fsp3) is 0.0435. The molecule has 0 aliphatic carbocycles. The van der Waals surface area contributed by atoms with Crippen molar-refractivity contribution in [2.45, 2.75) is 6.92 Å². The first-order valence-electron chi connectivity index (χ1n) is 9.26. The molecule has 0 fully saturated rings. The molecule has 0 spiro atoms. The monoisotopic (exact) mass is 420 g/mol. The fourth-order valence-corrected chi connectivity index (χ4v) is 3.67. The summed E-state index contributed by atoms with van der Waals surface area (Å²) < 4.78 is 31.0. The summed E-state index contributed by atoms with van der Waals surface area (Å²) in [5.74, 6) is -1.17. The lowest BCUT2D eigenvalue weighted by atomic mass is 10.1. The largest absolute Gasteiger partial charge is 0.309 e. The van der Waals surface area contributed by atoms with Crippen molar-refractivity contribution in [3.63, 3.8) is 0 Å². The van der Waals surface area contributed by atoms with Crippen LogP contribution in [0.2, 0.25) is 5.02 Å². The van der Waals surface area contributed by atoms with E-state index in [9.17, 15) is 8.78 Å². The Hall–Kier alpha value is -3.51. The molecular formula is C23H15ClF2N4. The van der Waals surface area contributed by atoms with E-state index in [4.69, 9.17) is 16.6 Å². The number of aryl methyl sites for hydroxylation is 1. The molecule has 0 bridgehead atoms. The van der Waals surface area contributed by atoms with E-state index in [2.05, 4.69) is 5.10 Å². The maximum atomic E-state index is 14.0. The highest BCUT2D eigenvalue weighted by Gasteiger charge is 2.19. The van der Waals surface area contributed by atoms with Crippen LogP contribution in [0.3, 0.4) is 0 Å². The fourth-order valence-electron chi connectivity index (χ4n) is 3.55. The number of hydrogen-bond donors (Lipinski definition) is 0. The van der Waals surface area contributed by atoms with E-state index in [0.29, 0.717) is 27.7 Å². The summed E-state index contributed by atoms with van der Waals surface area (Å²) in [6.45, 7) is 1.89. The van der Waals surface area contributed by atoms with Gasteiger partial charge in [0, 0.05) is 34.6 Å². The summed E-state index contributed by atoms with van der Waals surface area (Å²) in [5, 5.41) is 5.29. The predicted molar refractivity (Wildman–Crippen MR) is 113 cm³/mol. The van der Waals surface area contributed by atoms with E-state index in [1.54, 1.807) is 10.6 Å². The Morgan fingerprint density at radius 3 is 2.27 bits per heavy atom. The summed E-state index contributed by atoms with van der Waals surface area (Å²) >= 11 is 6.05. The van der Waals surface area contributed by atoms with Gasteiger partial charge in [-0.15, -0.1) is 0 Å². The first-order valence-corrected chi connectivity index (χ1v) is 9.64. The van der Waals surface area contributed by atoms with Crippen LogP contribution in [0.25, 0.3) is 33.8 Å². The first kappa shape index (κ1) is 18.5. The highest BCUT2D eigenvalue weighted by atomic mass is 35.5. The molecule has 0 atom stereocenters. The van der Waals surface area contributed by atoms with Crippen LogP contribution in [-0.2, 0) is 0 Å². The number of hydrogen-bond acceptors (Lipinski definition) is 2. The van der Waals surface area contributed by atoms with Gasteiger partial charge < -0.3 is 4.57 Å². The molecule has 148 valence electrons. The molecule has 0 saturated carbocycles. The highest BCUT2D eigenvalue weighted by molar-refractivity contribution is 6.30. The zero-order valence-electron chi connectivity index (χ0n) is 15.9. The van der Waals surface area contributed by atoms with E-state index in [-0.39, 0.29) is 0 Å². The maximum absolute atomic E-state index is 14.0. The Balaban J connectivity index is 1.84. The van der Waals surface area contributed by atoms with Crippen molar-refractivity contribution in [3.8, 4) is 28.2 Å². The van der Waals surface area contributed by atoms with Gasteiger partial charge in [0.25, 0.3) is 0 Å². The van der Waals surface area contributed by atoms with Crippen molar-refractivity contribution in [3.05, 3.63) is 95.4 Å². The Kier molecular flexibility index (Phi) is 4.37. The van der Waals surface area contributed by atoms with E-state index < -0.39 is 11.6 Å². The number of aromatic nitrogens is 4. The normalized spacial score (nSPS) is 11.3. The second kappa shape index (κ2) is 7.07. The van der Waals surface area contributed by atoms with Crippen molar-refractivity contribution >= 4 is 17.2 Å². The Labute approximate surface area is 176 Å². The van der Waals surface area contributed by atoms with Crippen LogP contribution in [0.15, 0.2) is 73.1 Å².